The first kappa shape index (κ1) is 20.6. The number of halogens is 3. The lowest BCUT2D eigenvalue weighted by Crippen LogP contribution is -2.42. The fraction of sp³-hybridized carbons (Fsp3) is 0.368. The second-order valence-corrected chi connectivity index (χ2v) is 6.90. The van der Waals surface area contributed by atoms with E-state index in [1.165, 1.54) is 35.4 Å². The molecule has 0 saturated carbocycles. The second-order valence-electron chi connectivity index (χ2n) is 6.90. The van der Waals surface area contributed by atoms with Crippen molar-refractivity contribution in [2.75, 3.05) is 23.3 Å². The number of rotatable bonds is 4. The minimum atomic E-state index is -4.54. The molecule has 2 heterocycles. The normalized spacial score (nSPS) is 17.1. The van der Waals surface area contributed by atoms with Gasteiger partial charge in [0.05, 0.1) is 22.1 Å². The van der Waals surface area contributed by atoms with Gasteiger partial charge in [-0.1, -0.05) is 6.07 Å². The number of alkyl halides is 3. The van der Waals surface area contributed by atoms with Gasteiger partial charge in [0.15, 0.2) is 0 Å². The largest absolute Gasteiger partial charge is 0.419 e. The summed E-state index contributed by atoms with van der Waals surface area (Å²) in [6, 6.07) is 6.34. The Bertz CT molecular complexity index is 933. The summed E-state index contributed by atoms with van der Waals surface area (Å²) in [5.74, 6) is -1.14. The van der Waals surface area contributed by atoms with Crippen LogP contribution in [0.1, 0.15) is 24.0 Å². The SMILES string of the molecule is Cc1ccc([N+](=O)[O-])cc1NC(=O)[C@@H]1CCCN(c2ncccc2C(F)(F)F)C1. The zero-order valence-corrected chi connectivity index (χ0v) is 15.6. The highest BCUT2D eigenvalue weighted by molar-refractivity contribution is 5.94. The molecule has 1 aromatic heterocycles. The van der Waals surface area contributed by atoms with Crippen molar-refractivity contribution in [2.45, 2.75) is 25.9 Å². The summed E-state index contributed by atoms with van der Waals surface area (Å²) in [7, 11) is 0. The molecule has 0 bridgehead atoms. The molecule has 1 saturated heterocycles. The van der Waals surface area contributed by atoms with E-state index in [1.54, 1.807) is 6.92 Å². The monoisotopic (exact) mass is 408 g/mol. The number of amides is 1. The summed E-state index contributed by atoms with van der Waals surface area (Å²) < 4.78 is 39.9. The molecule has 1 aromatic carbocycles. The predicted molar refractivity (Wildman–Crippen MR) is 101 cm³/mol. The van der Waals surface area contributed by atoms with Crippen LogP contribution in [-0.2, 0) is 11.0 Å². The van der Waals surface area contributed by atoms with Gasteiger partial charge in [-0.05, 0) is 37.5 Å². The van der Waals surface area contributed by atoms with Crippen LogP contribution in [0.3, 0.4) is 0 Å². The van der Waals surface area contributed by atoms with E-state index in [0.29, 0.717) is 30.6 Å². The van der Waals surface area contributed by atoms with Gasteiger partial charge in [0.25, 0.3) is 5.69 Å². The first-order valence-electron chi connectivity index (χ1n) is 9.00. The highest BCUT2D eigenvalue weighted by atomic mass is 19.4. The van der Waals surface area contributed by atoms with Crippen LogP contribution in [0.15, 0.2) is 36.5 Å². The lowest BCUT2D eigenvalue weighted by atomic mass is 9.96. The average Bonchev–Trinajstić information content (AvgIpc) is 2.69. The summed E-state index contributed by atoms with van der Waals surface area (Å²) in [6.45, 7) is 2.15. The molecule has 1 amide bonds. The number of hydrogen-bond donors (Lipinski definition) is 1. The number of aromatic nitrogens is 1. The van der Waals surface area contributed by atoms with Crippen LogP contribution in [0.4, 0.5) is 30.4 Å². The highest BCUT2D eigenvalue weighted by Crippen LogP contribution is 2.36. The minimum absolute atomic E-state index is 0.0832. The first-order valence-corrected chi connectivity index (χ1v) is 9.00. The summed E-state index contributed by atoms with van der Waals surface area (Å²) in [5.41, 5.74) is -0.0223. The molecule has 3 rings (SSSR count). The molecule has 0 spiro atoms. The molecule has 1 atom stereocenters. The maximum Gasteiger partial charge on any atom is 0.419 e. The third-order valence-corrected chi connectivity index (χ3v) is 4.87. The Hall–Kier alpha value is -3.17. The van der Waals surface area contributed by atoms with Gasteiger partial charge in [-0.25, -0.2) is 4.98 Å². The zero-order chi connectivity index (χ0) is 21.2. The highest BCUT2D eigenvalue weighted by Gasteiger charge is 2.37. The van der Waals surface area contributed by atoms with Gasteiger partial charge in [-0.3, -0.25) is 14.9 Å². The van der Waals surface area contributed by atoms with Gasteiger partial charge in [0, 0.05) is 31.4 Å². The van der Waals surface area contributed by atoms with E-state index in [2.05, 4.69) is 10.3 Å². The van der Waals surface area contributed by atoms with Gasteiger partial charge in [0.1, 0.15) is 5.82 Å². The summed E-state index contributed by atoms with van der Waals surface area (Å²) in [4.78, 5) is 28.5. The quantitative estimate of drug-likeness (QED) is 0.606. The van der Waals surface area contributed by atoms with E-state index in [9.17, 15) is 28.1 Å². The Morgan fingerprint density at radius 2 is 2.10 bits per heavy atom. The maximum atomic E-state index is 13.3. The van der Waals surface area contributed by atoms with Crippen molar-refractivity contribution in [3.63, 3.8) is 0 Å². The second kappa shape index (κ2) is 8.06. The number of anilines is 2. The Kier molecular flexibility index (Phi) is 5.71. The molecular weight excluding hydrogens is 389 g/mol. The third-order valence-electron chi connectivity index (χ3n) is 4.87. The number of carbonyl (C=O) groups excluding carboxylic acids is 1. The van der Waals surface area contributed by atoms with E-state index in [-0.39, 0.29) is 24.0 Å². The molecule has 1 fully saturated rings. The number of carbonyl (C=O) groups is 1. The Labute approximate surface area is 164 Å². The molecule has 0 unspecified atom stereocenters. The Morgan fingerprint density at radius 1 is 1.34 bits per heavy atom. The Morgan fingerprint density at radius 3 is 2.79 bits per heavy atom. The minimum Gasteiger partial charge on any atom is -0.355 e. The van der Waals surface area contributed by atoms with Gasteiger partial charge < -0.3 is 10.2 Å². The maximum absolute atomic E-state index is 13.3. The lowest BCUT2D eigenvalue weighted by Gasteiger charge is -2.34. The fourth-order valence-electron chi connectivity index (χ4n) is 3.35. The topological polar surface area (TPSA) is 88.4 Å². The molecule has 1 aliphatic heterocycles. The van der Waals surface area contributed by atoms with Crippen molar-refractivity contribution >= 4 is 23.1 Å². The van der Waals surface area contributed by atoms with Gasteiger partial charge >= 0.3 is 6.18 Å². The molecule has 2 aromatic rings. The predicted octanol–water partition coefficient (Wildman–Crippen LogP) is 4.17. The van der Waals surface area contributed by atoms with Gasteiger partial charge in [0.2, 0.25) is 5.91 Å². The number of nitrogens with zero attached hydrogens (tertiary/aromatic N) is 3. The van der Waals surface area contributed by atoms with Crippen molar-refractivity contribution in [1.29, 1.82) is 0 Å². The number of pyridine rings is 1. The number of non-ortho nitro benzene ring substituents is 1. The molecule has 29 heavy (non-hydrogen) atoms. The number of piperidine rings is 1. The summed E-state index contributed by atoms with van der Waals surface area (Å²) in [5, 5.41) is 13.6. The van der Waals surface area contributed by atoms with Crippen LogP contribution in [-0.4, -0.2) is 28.9 Å². The molecule has 0 radical (unpaired) electrons. The van der Waals surface area contributed by atoms with Crippen LogP contribution in [0.25, 0.3) is 0 Å². The smallest absolute Gasteiger partial charge is 0.355 e. The molecule has 1 N–H and O–H groups in total. The third kappa shape index (κ3) is 4.64. The van der Waals surface area contributed by atoms with Crippen molar-refractivity contribution in [3.05, 3.63) is 57.8 Å². The molecule has 154 valence electrons. The molecule has 7 nitrogen and oxygen atoms in total. The number of nitrogens with one attached hydrogen (secondary N) is 1. The fourth-order valence-corrected chi connectivity index (χ4v) is 3.35. The van der Waals surface area contributed by atoms with E-state index in [4.69, 9.17) is 0 Å². The van der Waals surface area contributed by atoms with Crippen LogP contribution < -0.4 is 10.2 Å². The molecule has 10 heteroatoms. The Balaban J connectivity index is 1.78. The molecule has 1 aliphatic rings. The number of benzene rings is 1. The van der Waals surface area contributed by atoms with Crippen LogP contribution in [0.5, 0.6) is 0 Å². The molecule has 0 aliphatic carbocycles. The van der Waals surface area contributed by atoms with E-state index < -0.39 is 22.6 Å². The average molecular weight is 408 g/mol. The zero-order valence-electron chi connectivity index (χ0n) is 15.6. The van der Waals surface area contributed by atoms with Crippen molar-refractivity contribution in [1.82, 2.24) is 4.98 Å². The van der Waals surface area contributed by atoms with Gasteiger partial charge in [-0.2, -0.15) is 13.2 Å². The van der Waals surface area contributed by atoms with Crippen LogP contribution >= 0.6 is 0 Å². The standard InChI is InChI=1S/C19H19F3N4O3/c1-12-6-7-14(26(28)29)10-16(12)24-18(27)13-4-3-9-25(11-13)17-15(19(20,21)22)5-2-8-23-17/h2,5-8,10,13H,3-4,9,11H2,1H3,(H,24,27)/t13-/m1/s1. The van der Waals surface area contributed by atoms with Crippen LogP contribution in [0.2, 0.25) is 0 Å². The number of aryl methyl sites for hydroxylation is 1. The number of nitro benzene ring substituents is 1. The summed E-state index contributed by atoms with van der Waals surface area (Å²) in [6.07, 6.45) is -2.22. The number of hydrogen-bond acceptors (Lipinski definition) is 5. The van der Waals surface area contributed by atoms with Crippen molar-refractivity contribution < 1.29 is 22.9 Å². The van der Waals surface area contributed by atoms with Crippen molar-refractivity contribution in [2.24, 2.45) is 5.92 Å². The number of nitro groups is 1. The lowest BCUT2D eigenvalue weighted by molar-refractivity contribution is -0.384. The van der Waals surface area contributed by atoms with E-state index >= 15 is 0 Å². The van der Waals surface area contributed by atoms with Gasteiger partial charge in [-0.15, -0.1) is 0 Å². The molecular formula is C19H19F3N4O3. The van der Waals surface area contributed by atoms with Crippen LogP contribution in [0, 0.1) is 23.0 Å². The van der Waals surface area contributed by atoms with E-state index in [0.717, 1.165) is 6.07 Å². The van der Waals surface area contributed by atoms with Crippen molar-refractivity contribution in [3.8, 4) is 0 Å². The van der Waals surface area contributed by atoms with E-state index in [1.807, 2.05) is 0 Å². The first-order chi connectivity index (χ1) is 13.7. The summed E-state index contributed by atoms with van der Waals surface area (Å²) >= 11 is 0.